The average Bonchev–Trinajstić information content (AvgIpc) is 2.89. The Morgan fingerprint density at radius 2 is 1.96 bits per heavy atom. The molecule has 2 aromatic rings. The number of rotatable bonds is 9. The Labute approximate surface area is 162 Å². The van der Waals surface area contributed by atoms with Crippen molar-refractivity contribution in [2.24, 2.45) is 0 Å². The summed E-state index contributed by atoms with van der Waals surface area (Å²) in [6.45, 7) is 2.98. The maximum Gasteiger partial charge on any atom is 0.387 e. The number of halogens is 2. The van der Waals surface area contributed by atoms with E-state index in [0.29, 0.717) is 23.4 Å². The van der Waals surface area contributed by atoms with Crippen molar-refractivity contribution in [3.8, 4) is 5.75 Å². The number of aromatic nitrogens is 1. The zero-order valence-electron chi connectivity index (χ0n) is 16.3. The summed E-state index contributed by atoms with van der Waals surface area (Å²) in [6, 6.07) is 6.35. The van der Waals surface area contributed by atoms with Crippen LogP contribution >= 0.6 is 0 Å². The summed E-state index contributed by atoms with van der Waals surface area (Å²) in [5, 5.41) is 0. The van der Waals surface area contributed by atoms with Crippen molar-refractivity contribution in [1.82, 2.24) is 9.88 Å². The zero-order chi connectivity index (χ0) is 20.8. The molecular formula is C20H24F2N2O4. The second-order valence-electron chi connectivity index (χ2n) is 6.47. The summed E-state index contributed by atoms with van der Waals surface area (Å²) in [5.74, 6) is -0.570. The molecule has 1 heterocycles. The molecule has 0 aliphatic carbocycles. The largest absolute Gasteiger partial charge is 0.461 e. The van der Waals surface area contributed by atoms with Crippen LogP contribution in [0, 0.1) is 13.8 Å². The van der Waals surface area contributed by atoms with E-state index < -0.39 is 12.6 Å². The van der Waals surface area contributed by atoms with Gasteiger partial charge >= 0.3 is 12.6 Å². The lowest BCUT2D eigenvalue weighted by molar-refractivity contribution is -0.0499. The minimum Gasteiger partial charge on any atom is -0.461 e. The third kappa shape index (κ3) is 5.39. The fraction of sp³-hybridized carbons (Fsp3) is 0.400. The van der Waals surface area contributed by atoms with E-state index in [1.165, 1.54) is 12.1 Å². The zero-order valence-corrected chi connectivity index (χ0v) is 16.3. The maximum atomic E-state index is 12.8. The van der Waals surface area contributed by atoms with Crippen LogP contribution in [-0.4, -0.2) is 48.4 Å². The second-order valence-corrected chi connectivity index (χ2v) is 6.47. The van der Waals surface area contributed by atoms with Crippen LogP contribution in [0.4, 0.5) is 8.78 Å². The van der Waals surface area contributed by atoms with E-state index in [2.05, 4.69) is 9.72 Å². The minimum atomic E-state index is -2.89. The van der Waals surface area contributed by atoms with Gasteiger partial charge in [-0.1, -0.05) is 12.1 Å². The predicted octanol–water partition coefficient (Wildman–Crippen LogP) is 3.72. The quantitative estimate of drug-likeness (QED) is 0.518. The van der Waals surface area contributed by atoms with E-state index in [1.807, 2.05) is 0 Å². The number of benzene rings is 1. The third-order valence-corrected chi connectivity index (χ3v) is 4.19. The highest BCUT2D eigenvalue weighted by atomic mass is 19.3. The van der Waals surface area contributed by atoms with Gasteiger partial charge in [-0.05, 0) is 51.1 Å². The molecule has 0 saturated heterocycles. The molecule has 0 bridgehead atoms. The van der Waals surface area contributed by atoms with Crippen LogP contribution < -0.4 is 4.74 Å². The molecule has 0 saturated carbocycles. The van der Waals surface area contributed by atoms with Crippen LogP contribution in [0.5, 0.6) is 5.75 Å². The van der Waals surface area contributed by atoms with E-state index in [0.717, 1.165) is 5.56 Å². The van der Waals surface area contributed by atoms with Gasteiger partial charge in [0.1, 0.15) is 11.4 Å². The molecule has 0 radical (unpaired) electrons. The smallest absolute Gasteiger partial charge is 0.387 e. The monoisotopic (exact) mass is 394 g/mol. The van der Waals surface area contributed by atoms with Gasteiger partial charge in [-0.2, -0.15) is 8.78 Å². The van der Waals surface area contributed by atoms with Crippen molar-refractivity contribution < 1.29 is 27.8 Å². The highest BCUT2D eigenvalue weighted by Crippen LogP contribution is 2.21. The molecule has 0 atom stereocenters. The minimum absolute atomic E-state index is 0.0728. The molecule has 2 rings (SSSR count). The van der Waals surface area contributed by atoms with Crippen molar-refractivity contribution in [2.45, 2.75) is 33.9 Å². The van der Waals surface area contributed by atoms with Gasteiger partial charge in [-0.25, -0.2) is 4.79 Å². The summed E-state index contributed by atoms with van der Waals surface area (Å²) >= 11 is 0. The van der Waals surface area contributed by atoms with E-state index in [9.17, 15) is 18.4 Å². The van der Waals surface area contributed by atoms with Gasteiger partial charge in [0, 0.05) is 17.8 Å². The molecular weight excluding hydrogens is 370 g/mol. The SMILES string of the molecule is CCOC(=O)c1[nH]c(C)c(C(=O)CN(C)Cc2cccc(OC(F)F)c2)c1C. The van der Waals surface area contributed by atoms with Crippen molar-refractivity contribution >= 4 is 11.8 Å². The molecule has 1 aromatic heterocycles. The summed E-state index contributed by atoms with van der Waals surface area (Å²) in [5.41, 5.74) is 2.64. The van der Waals surface area contributed by atoms with Crippen molar-refractivity contribution in [2.75, 3.05) is 20.2 Å². The van der Waals surface area contributed by atoms with Gasteiger partial charge in [0.15, 0.2) is 5.78 Å². The summed E-state index contributed by atoms with van der Waals surface area (Å²) in [7, 11) is 1.75. The number of aryl methyl sites for hydroxylation is 1. The molecule has 0 aliphatic rings. The molecule has 1 aromatic carbocycles. The van der Waals surface area contributed by atoms with E-state index in [1.54, 1.807) is 44.9 Å². The van der Waals surface area contributed by atoms with Crippen LogP contribution in [0.2, 0.25) is 0 Å². The predicted molar refractivity (Wildman–Crippen MR) is 100.0 cm³/mol. The fourth-order valence-electron chi connectivity index (χ4n) is 3.09. The van der Waals surface area contributed by atoms with Gasteiger partial charge in [0.25, 0.3) is 0 Å². The summed E-state index contributed by atoms with van der Waals surface area (Å²) in [6.07, 6.45) is 0. The number of carbonyl (C=O) groups excluding carboxylic acids is 2. The molecule has 0 spiro atoms. The number of alkyl halides is 2. The van der Waals surface area contributed by atoms with Gasteiger partial charge < -0.3 is 14.5 Å². The molecule has 0 unspecified atom stereocenters. The highest BCUT2D eigenvalue weighted by molar-refractivity contribution is 6.03. The molecule has 28 heavy (non-hydrogen) atoms. The number of ether oxygens (including phenoxy) is 2. The Bertz CT molecular complexity index is 849. The van der Waals surface area contributed by atoms with Gasteiger partial charge in [0.05, 0.1) is 13.2 Å². The Hall–Kier alpha value is -2.74. The number of H-pyrrole nitrogens is 1. The standard InChI is InChI=1S/C20H24F2N2O4/c1-5-27-19(26)18-12(2)17(13(3)23-18)16(25)11-24(4)10-14-7-6-8-15(9-14)28-20(21)22/h6-9,20,23H,5,10-11H2,1-4H3. The third-order valence-electron chi connectivity index (χ3n) is 4.19. The number of ketones is 1. The number of likely N-dealkylation sites (N-methyl/N-ethyl adjacent to an activating group) is 1. The fourth-order valence-corrected chi connectivity index (χ4v) is 3.09. The van der Waals surface area contributed by atoms with Crippen LogP contribution in [0.1, 0.15) is 44.6 Å². The van der Waals surface area contributed by atoms with E-state index >= 15 is 0 Å². The normalized spacial score (nSPS) is 11.1. The van der Waals surface area contributed by atoms with Crippen LogP contribution in [0.25, 0.3) is 0 Å². The van der Waals surface area contributed by atoms with Crippen LogP contribution in [0.3, 0.4) is 0 Å². The first-order valence-corrected chi connectivity index (χ1v) is 8.84. The Morgan fingerprint density at radius 3 is 2.61 bits per heavy atom. The number of esters is 1. The van der Waals surface area contributed by atoms with Crippen LogP contribution in [0.15, 0.2) is 24.3 Å². The van der Waals surface area contributed by atoms with E-state index in [4.69, 9.17) is 4.74 Å². The van der Waals surface area contributed by atoms with Gasteiger partial charge in [-0.3, -0.25) is 9.69 Å². The molecule has 8 heteroatoms. The maximum absolute atomic E-state index is 12.8. The Balaban J connectivity index is 2.08. The summed E-state index contributed by atoms with van der Waals surface area (Å²) < 4.78 is 34.1. The molecule has 0 amide bonds. The van der Waals surface area contributed by atoms with Gasteiger partial charge in [-0.15, -0.1) is 0 Å². The Kier molecular flexibility index (Phi) is 7.28. The molecule has 6 nitrogen and oxygen atoms in total. The first-order chi connectivity index (χ1) is 13.2. The number of hydrogen-bond acceptors (Lipinski definition) is 5. The first kappa shape index (κ1) is 21.6. The van der Waals surface area contributed by atoms with Crippen molar-refractivity contribution in [3.63, 3.8) is 0 Å². The van der Waals surface area contributed by atoms with Crippen molar-refractivity contribution in [1.29, 1.82) is 0 Å². The average molecular weight is 394 g/mol. The number of nitrogens with one attached hydrogen (secondary N) is 1. The van der Waals surface area contributed by atoms with Crippen LogP contribution in [-0.2, 0) is 11.3 Å². The number of hydrogen-bond donors (Lipinski definition) is 1. The number of nitrogens with zero attached hydrogens (tertiary/aromatic N) is 1. The highest BCUT2D eigenvalue weighted by Gasteiger charge is 2.23. The molecule has 0 aliphatic heterocycles. The number of Topliss-reactive ketones (excluding diaryl/α,β-unsaturated/α-hetero) is 1. The number of aromatic amines is 1. The topological polar surface area (TPSA) is 71.6 Å². The molecule has 152 valence electrons. The second kappa shape index (κ2) is 9.45. The number of carbonyl (C=O) groups is 2. The Morgan fingerprint density at radius 1 is 1.25 bits per heavy atom. The summed E-state index contributed by atoms with van der Waals surface area (Å²) in [4.78, 5) is 29.4. The first-order valence-electron chi connectivity index (χ1n) is 8.84. The van der Waals surface area contributed by atoms with Gasteiger partial charge in [0.2, 0.25) is 0 Å². The lowest BCUT2D eigenvalue weighted by Crippen LogP contribution is -2.26. The lowest BCUT2D eigenvalue weighted by Gasteiger charge is -2.17. The molecule has 1 N–H and O–H groups in total. The molecule has 0 fully saturated rings. The lowest BCUT2D eigenvalue weighted by atomic mass is 10.1. The van der Waals surface area contributed by atoms with E-state index in [-0.39, 0.29) is 30.4 Å². The van der Waals surface area contributed by atoms with Crippen molar-refractivity contribution in [3.05, 3.63) is 52.3 Å².